The summed E-state index contributed by atoms with van der Waals surface area (Å²) in [6.07, 6.45) is 4.39. The average Bonchev–Trinajstić information content (AvgIpc) is 2.84. The van der Waals surface area contributed by atoms with E-state index in [-0.39, 0.29) is 0 Å². The molecular weight excluding hydrogens is 286 g/mol. The standard InChI is InChI=1S/C15H15N3S2/c19-15-17-13-8-16-12-6-2-1-5-11(12)14(13)18(15)10-4-3-7-20-9-10/h1-2,5-6,8,10H,3-4,7,9H2,(H,17,19). The van der Waals surface area contributed by atoms with Crippen LogP contribution >= 0.6 is 24.0 Å². The third-order valence-electron chi connectivity index (χ3n) is 3.95. The second-order valence-corrected chi connectivity index (χ2v) is 6.75. The molecule has 0 aliphatic carbocycles. The summed E-state index contributed by atoms with van der Waals surface area (Å²) in [5.41, 5.74) is 3.29. The molecule has 102 valence electrons. The number of aromatic amines is 1. The van der Waals surface area contributed by atoms with E-state index in [0.717, 1.165) is 21.6 Å². The van der Waals surface area contributed by atoms with Gasteiger partial charge in [-0.25, -0.2) is 0 Å². The van der Waals surface area contributed by atoms with Crippen molar-refractivity contribution in [3.05, 3.63) is 35.2 Å². The fourth-order valence-corrected chi connectivity index (χ4v) is 4.51. The zero-order chi connectivity index (χ0) is 13.5. The number of rotatable bonds is 1. The molecule has 1 aromatic carbocycles. The monoisotopic (exact) mass is 301 g/mol. The Balaban J connectivity index is 2.05. The largest absolute Gasteiger partial charge is 0.329 e. The lowest BCUT2D eigenvalue weighted by molar-refractivity contribution is 0.507. The highest BCUT2D eigenvalue weighted by Gasteiger charge is 2.20. The van der Waals surface area contributed by atoms with E-state index in [1.165, 1.54) is 29.5 Å². The van der Waals surface area contributed by atoms with Crippen molar-refractivity contribution in [2.24, 2.45) is 0 Å². The molecule has 1 atom stereocenters. The molecule has 0 amide bonds. The molecule has 2 aromatic heterocycles. The highest BCUT2D eigenvalue weighted by molar-refractivity contribution is 7.99. The van der Waals surface area contributed by atoms with E-state index < -0.39 is 0 Å². The van der Waals surface area contributed by atoms with Gasteiger partial charge in [-0.2, -0.15) is 11.8 Å². The predicted octanol–water partition coefficient (Wildman–Crippen LogP) is 4.32. The van der Waals surface area contributed by atoms with Gasteiger partial charge in [0.15, 0.2) is 4.77 Å². The second kappa shape index (κ2) is 4.90. The molecule has 1 saturated heterocycles. The minimum atomic E-state index is 0.501. The summed E-state index contributed by atoms with van der Waals surface area (Å²) in [5.74, 6) is 2.42. The first-order chi connectivity index (χ1) is 9.84. The molecule has 0 radical (unpaired) electrons. The topological polar surface area (TPSA) is 33.6 Å². The first-order valence-corrected chi connectivity index (χ1v) is 8.46. The summed E-state index contributed by atoms with van der Waals surface area (Å²) in [6.45, 7) is 0. The van der Waals surface area contributed by atoms with Crippen LogP contribution in [0.25, 0.3) is 21.9 Å². The molecular formula is C15H15N3S2. The Morgan fingerprint density at radius 1 is 1.35 bits per heavy atom. The highest BCUT2D eigenvalue weighted by atomic mass is 32.2. The van der Waals surface area contributed by atoms with E-state index in [9.17, 15) is 0 Å². The zero-order valence-electron chi connectivity index (χ0n) is 11.0. The molecule has 1 aliphatic rings. The second-order valence-electron chi connectivity index (χ2n) is 5.21. The molecule has 1 fully saturated rings. The Kier molecular flexibility index (Phi) is 3.04. The maximum atomic E-state index is 5.57. The molecule has 20 heavy (non-hydrogen) atoms. The van der Waals surface area contributed by atoms with Gasteiger partial charge >= 0.3 is 0 Å². The molecule has 0 spiro atoms. The lowest BCUT2D eigenvalue weighted by atomic mass is 10.1. The van der Waals surface area contributed by atoms with Crippen molar-refractivity contribution in [3.63, 3.8) is 0 Å². The molecule has 0 bridgehead atoms. The van der Waals surface area contributed by atoms with Crippen LogP contribution in [0.1, 0.15) is 18.9 Å². The van der Waals surface area contributed by atoms with Gasteiger partial charge in [-0.3, -0.25) is 4.98 Å². The van der Waals surface area contributed by atoms with Gasteiger partial charge in [0.05, 0.1) is 22.7 Å². The van der Waals surface area contributed by atoms with Crippen molar-refractivity contribution in [3.8, 4) is 0 Å². The minimum absolute atomic E-state index is 0.501. The Morgan fingerprint density at radius 3 is 3.10 bits per heavy atom. The van der Waals surface area contributed by atoms with Crippen LogP contribution in [-0.2, 0) is 0 Å². The molecule has 3 aromatic rings. The van der Waals surface area contributed by atoms with E-state index in [4.69, 9.17) is 12.2 Å². The summed E-state index contributed by atoms with van der Waals surface area (Å²) in [6, 6.07) is 8.80. The van der Waals surface area contributed by atoms with E-state index in [1.807, 2.05) is 24.0 Å². The average molecular weight is 301 g/mol. The highest BCUT2D eigenvalue weighted by Crippen LogP contribution is 2.32. The SMILES string of the molecule is S=c1[nH]c2cnc3ccccc3c2n1C1CCCSC1. The number of pyridine rings is 1. The van der Waals surface area contributed by atoms with Gasteiger partial charge in [0.2, 0.25) is 0 Å². The normalized spacial score (nSPS) is 19.7. The zero-order valence-corrected chi connectivity index (χ0v) is 12.6. The Bertz CT molecular complexity index is 828. The molecule has 3 heterocycles. The number of benzene rings is 1. The van der Waals surface area contributed by atoms with Gasteiger partial charge in [0.1, 0.15) is 0 Å². The van der Waals surface area contributed by atoms with Crippen LogP contribution in [0.2, 0.25) is 0 Å². The molecule has 1 unspecified atom stereocenters. The molecule has 3 nitrogen and oxygen atoms in total. The van der Waals surface area contributed by atoms with Crippen LogP contribution in [0.3, 0.4) is 0 Å². The maximum absolute atomic E-state index is 5.57. The summed E-state index contributed by atoms with van der Waals surface area (Å²) in [4.78, 5) is 7.84. The van der Waals surface area contributed by atoms with Crippen LogP contribution in [0, 0.1) is 4.77 Å². The smallest absolute Gasteiger partial charge is 0.178 e. The Morgan fingerprint density at radius 2 is 2.25 bits per heavy atom. The first-order valence-electron chi connectivity index (χ1n) is 6.90. The van der Waals surface area contributed by atoms with Gasteiger partial charge in [0, 0.05) is 17.2 Å². The lowest BCUT2D eigenvalue weighted by Gasteiger charge is -2.23. The van der Waals surface area contributed by atoms with Gasteiger partial charge in [-0.1, -0.05) is 18.2 Å². The van der Waals surface area contributed by atoms with Gasteiger partial charge in [-0.05, 0) is 36.9 Å². The number of hydrogen-bond acceptors (Lipinski definition) is 3. The number of imidazole rings is 1. The van der Waals surface area contributed by atoms with Crippen molar-refractivity contribution in [1.29, 1.82) is 0 Å². The van der Waals surface area contributed by atoms with Crippen molar-refractivity contribution < 1.29 is 0 Å². The predicted molar refractivity (Wildman–Crippen MR) is 88.0 cm³/mol. The lowest BCUT2D eigenvalue weighted by Crippen LogP contribution is -2.16. The third kappa shape index (κ3) is 1.88. The maximum Gasteiger partial charge on any atom is 0.178 e. The van der Waals surface area contributed by atoms with Crippen molar-refractivity contribution in [2.75, 3.05) is 11.5 Å². The number of para-hydroxylation sites is 1. The Labute approximate surface area is 126 Å². The van der Waals surface area contributed by atoms with Crippen molar-refractivity contribution >= 4 is 45.9 Å². The van der Waals surface area contributed by atoms with Crippen LogP contribution in [0.15, 0.2) is 30.5 Å². The van der Waals surface area contributed by atoms with E-state index >= 15 is 0 Å². The molecule has 0 saturated carbocycles. The van der Waals surface area contributed by atoms with E-state index in [1.54, 1.807) is 0 Å². The molecule has 4 rings (SSSR count). The van der Waals surface area contributed by atoms with E-state index in [0.29, 0.717) is 6.04 Å². The number of hydrogen-bond donors (Lipinski definition) is 1. The number of aromatic nitrogens is 3. The van der Waals surface area contributed by atoms with Crippen molar-refractivity contribution in [2.45, 2.75) is 18.9 Å². The quantitative estimate of drug-likeness (QED) is 0.680. The number of nitrogens with one attached hydrogen (secondary N) is 1. The van der Waals surface area contributed by atoms with Crippen LogP contribution in [0.4, 0.5) is 0 Å². The minimum Gasteiger partial charge on any atom is -0.329 e. The van der Waals surface area contributed by atoms with Gasteiger partial charge < -0.3 is 9.55 Å². The van der Waals surface area contributed by atoms with E-state index in [2.05, 4.69) is 32.7 Å². The number of H-pyrrole nitrogens is 1. The summed E-state index contributed by atoms with van der Waals surface area (Å²) >= 11 is 7.59. The van der Waals surface area contributed by atoms with Crippen LogP contribution in [-0.4, -0.2) is 26.0 Å². The fourth-order valence-electron chi connectivity index (χ4n) is 3.03. The van der Waals surface area contributed by atoms with Crippen molar-refractivity contribution in [1.82, 2.24) is 14.5 Å². The summed E-state index contributed by atoms with van der Waals surface area (Å²) in [5, 5.41) is 1.19. The summed E-state index contributed by atoms with van der Waals surface area (Å²) < 4.78 is 3.14. The third-order valence-corrected chi connectivity index (χ3v) is 5.45. The van der Waals surface area contributed by atoms with Gasteiger partial charge in [0.25, 0.3) is 0 Å². The number of fused-ring (bicyclic) bond motifs is 3. The first kappa shape index (κ1) is 12.4. The molecule has 1 N–H and O–H groups in total. The van der Waals surface area contributed by atoms with Crippen LogP contribution < -0.4 is 0 Å². The van der Waals surface area contributed by atoms with Crippen LogP contribution in [0.5, 0.6) is 0 Å². The number of thioether (sulfide) groups is 1. The fraction of sp³-hybridized carbons (Fsp3) is 0.333. The number of nitrogens with zero attached hydrogens (tertiary/aromatic N) is 2. The summed E-state index contributed by atoms with van der Waals surface area (Å²) in [7, 11) is 0. The molecule has 5 heteroatoms. The Hall–Kier alpha value is -1.33. The van der Waals surface area contributed by atoms with Gasteiger partial charge in [-0.15, -0.1) is 0 Å². The molecule has 1 aliphatic heterocycles.